The highest BCUT2D eigenvalue weighted by atomic mass is 16.4. The lowest BCUT2D eigenvalue weighted by molar-refractivity contribution is -0.136. The lowest BCUT2D eigenvalue weighted by atomic mass is 10.2. The van der Waals surface area contributed by atoms with Crippen molar-refractivity contribution in [3.63, 3.8) is 0 Å². The van der Waals surface area contributed by atoms with Crippen LogP contribution in [-0.2, 0) is 4.79 Å². The number of carboxylic acid groups (broad SMARTS) is 1. The van der Waals surface area contributed by atoms with Gasteiger partial charge in [0.1, 0.15) is 5.76 Å². The van der Waals surface area contributed by atoms with E-state index >= 15 is 0 Å². The highest BCUT2D eigenvalue weighted by Crippen LogP contribution is 2.05. The van der Waals surface area contributed by atoms with E-state index in [2.05, 4.69) is 4.98 Å². The van der Waals surface area contributed by atoms with Gasteiger partial charge in [-0.1, -0.05) is 0 Å². The third-order valence-electron chi connectivity index (χ3n) is 1.43. The molecule has 0 atom stereocenters. The first-order valence-electron chi connectivity index (χ1n) is 3.77. The summed E-state index contributed by atoms with van der Waals surface area (Å²) in [5, 5.41) is 8.31. The molecule has 1 N–H and O–H groups in total. The number of carbonyl (C=O) groups is 2. The molecule has 0 spiro atoms. The molecule has 0 aliphatic carbocycles. The van der Waals surface area contributed by atoms with E-state index in [0.717, 1.165) is 0 Å². The Labute approximate surface area is 74.4 Å². The normalized spacial score (nSPS) is 9.92. The van der Waals surface area contributed by atoms with Gasteiger partial charge in [-0.05, 0) is 6.92 Å². The number of carboxylic acids is 1. The van der Waals surface area contributed by atoms with Crippen molar-refractivity contribution in [2.45, 2.75) is 19.8 Å². The summed E-state index contributed by atoms with van der Waals surface area (Å²) in [4.78, 5) is 25.0. The molecular formula is C8H9NO4. The molecule has 0 aromatic carbocycles. The van der Waals surface area contributed by atoms with Crippen LogP contribution < -0.4 is 0 Å². The molecule has 0 fully saturated rings. The van der Waals surface area contributed by atoms with Crippen LogP contribution in [0.25, 0.3) is 0 Å². The van der Waals surface area contributed by atoms with Crippen LogP contribution in [0.3, 0.4) is 0 Å². The minimum atomic E-state index is -1.00. The van der Waals surface area contributed by atoms with Gasteiger partial charge in [0.15, 0.2) is 0 Å². The average molecular weight is 183 g/mol. The highest BCUT2D eigenvalue weighted by molar-refractivity contribution is 5.93. The van der Waals surface area contributed by atoms with Crippen molar-refractivity contribution < 1.29 is 19.1 Å². The van der Waals surface area contributed by atoms with Gasteiger partial charge in [-0.2, -0.15) is 0 Å². The predicted molar refractivity (Wildman–Crippen MR) is 42.4 cm³/mol. The molecule has 1 rings (SSSR count). The summed E-state index contributed by atoms with van der Waals surface area (Å²) >= 11 is 0. The summed E-state index contributed by atoms with van der Waals surface area (Å²) in [7, 11) is 0. The minimum Gasteiger partial charge on any atom is -0.481 e. The predicted octanol–water partition coefficient (Wildman–Crippen LogP) is 1.03. The molecule has 13 heavy (non-hydrogen) atoms. The first kappa shape index (κ1) is 9.44. The molecule has 0 aliphatic heterocycles. The van der Waals surface area contributed by atoms with E-state index in [1.165, 1.54) is 6.20 Å². The quantitative estimate of drug-likeness (QED) is 0.705. The van der Waals surface area contributed by atoms with Gasteiger partial charge in [-0.15, -0.1) is 0 Å². The summed E-state index contributed by atoms with van der Waals surface area (Å²) in [6.07, 6.45) is 1.16. The third-order valence-corrected chi connectivity index (χ3v) is 1.43. The molecule has 0 aliphatic rings. The zero-order valence-electron chi connectivity index (χ0n) is 7.11. The van der Waals surface area contributed by atoms with Crippen molar-refractivity contribution in [1.29, 1.82) is 0 Å². The molecule has 0 saturated carbocycles. The molecule has 0 saturated heterocycles. The Balaban J connectivity index is 2.54. The minimum absolute atomic E-state index is 0.0150. The van der Waals surface area contributed by atoms with E-state index in [9.17, 15) is 9.59 Å². The smallest absolute Gasteiger partial charge is 0.303 e. The maximum Gasteiger partial charge on any atom is 0.303 e. The second-order valence-corrected chi connectivity index (χ2v) is 2.59. The van der Waals surface area contributed by atoms with Gasteiger partial charge < -0.3 is 9.52 Å². The van der Waals surface area contributed by atoms with Gasteiger partial charge in [0.2, 0.25) is 5.78 Å². The topological polar surface area (TPSA) is 80.4 Å². The maximum atomic E-state index is 11.1. The van der Waals surface area contributed by atoms with Crippen LogP contribution in [0.2, 0.25) is 0 Å². The number of nitrogens with zero attached hydrogens (tertiary/aromatic N) is 1. The van der Waals surface area contributed by atoms with Crippen molar-refractivity contribution in [3.8, 4) is 0 Å². The molecule has 0 radical (unpaired) electrons. The number of aryl methyl sites for hydroxylation is 1. The van der Waals surface area contributed by atoms with Crippen LogP contribution in [0.5, 0.6) is 0 Å². The van der Waals surface area contributed by atoms with E-state index < -0.39 is 5.97 Å². The summed E-state index contributed by atoms with van der Waals surface area (Å²) in [6, 6.07) is 0. The Kier molecular flexibility index (Phi) is 2.79. The fourth-order valence-electron chi connectivity index (χ4n) is 0.811. The van der Waals surface area contributed by atoms with Crippen molar-refractivity contribution in [3.05, 3.63) is 17.8 Å². The number of Topliss-reactive ketones (excluding diaryl/α,β-unsaturated/α-hetero) is 1. The van der Waals surface area contributed by atoms with Gasteiger partial charge in [0.25, 0.3) is 5.89 Å². The second-order valence-electron chi connectivity index (χ2n) is 2.59. The van der Waals surface area contributed by atoms with Gasteiger partial charge in [-0.3, -0.25) is 9.59 Å². The maximum absolute atomic E-state index is 11.1. The van der Waals surface area contributed by atoms with Crippen molar-refractivity contribution in [2.75, 3.05) is 0 Å². The number of oxazole rings is 1. The molecule has 0 unspecified atom stereocenters. The lowest BCUT2D eigenvalue weighted by Gasteiger charge is -1.91. The Hall–Kier alpha value is -1.65. The van der Waals surface area contributed by atoms with Crippen LogP contribution in [0.4, 0.5) is 0 Å². The summed E-state index contributed by atoms with van der Waals surface area (Å²) < 4.78 is 4.92. The number of hydrogen-bond acceptors (Lipinski definition) is 4. The number of ketones is 1. The molecule has 1 aromatic rings. The van der Waals surface area contributed by atoms with Crippen LogP contribution in [0, 0.1) is 6.92 Å². The van der Waals surface area contributed by atoms with E-state index in [0.29, 0.717) is 5.76 Å². The molecule has 1 heterocycles. The SMILES string of the molecule is Cc1cnc(C(=O)CCC(=O)O)o1. The van der Waals surface area contributed by atoms with Crippen LogP contribution >= 0.6 is 0 Å². The van der Waals surface area contributed by atoms with Crippen LogP contribution in [0.1, 0.15) is 29.3 Å². The summed E-state index contributed by atoms with van der Waals surface area (Å²) in [5.41, 5.74) is 0. The Morgan fingerprint density at radius 2 is 2.23 bits per heavy atom. The summed E-state index contributed by atoms with van der Waals surface area (Å²) in [6.45, 7) is 1.67. The Morgan fingerprint density at radius 3 is 2.69 bits per heavy atom. The monoisotopic (exact) mass is 183 g/mol. The van der Waals surface area contributed by atoms with E-state index in [4.69, 9.17) is 9.52 Å². The van der Waals surface area contributed by atoms with E-state index in [1.807, 2.05) is 0 Å². The molecular weight excluding hydrogens is 174 g/mol. The van der Waals surface area contributed by atoms with Crippen molar-refractivity contribution in [2.24, 2.45) is 0 Å². The first-order chi connectivity index (χ1) is 6.09. The standard InChI is InChI=1S/C8H9NO4/c1-5-4-9-8(13-5)6(10)2-3-7(11)12/h4H,2-3H2,1H3,(H,11,12). The van der Waals surface area contributed by atoms with Crippen molar-refractivity contribution >= 4 is 11.8 Å². The second kappa shape index (κ2) is 3.84. The fourth-order valence-corrected chi connectivity index (χ4v) is 0.811. The van der Waals surface area contributed by atoms with E-state index in [-0.39, 0.29) is 24.5 Å². The largest absolute Gasteiger partial charge is 0.481 e. The van der Waals surface area contributed by atoms with Gasteiger partial charge in [-0.25, -0.2) is 4.98 Å². The molecule has 1 aromatic heterocycles. The zero-order valence-corrected chi connectivity index (χ0v) is 7.11. The first-order valence-corrected chi connectivity index (χ1v) is 3.77. The zero-order chi connectivity index (χ0) is 9.84. The highest BCUT2D eigenvalue weighted by Gasteiger charge is 2.13. The Bertz CT molecular complexity index is 329. The van der Waals surface area contributed by atoms with Gasteiger partial charge in [0.05, 0.1) is 12.6 Å². The average Bonchev–Trinajstić information content (AvgIpc) is 2.47. The lowest BCUT2D eigenvalue weighted by Crippen LogP contribution is -2.03. The number of hydrogen-bond donors (Lipinski definition) is 1. The Morgan fingerprint density at radius 1 is 1.54 bits per heavy atom. The number of aliphatic carboxylic acids is 1. The fraction of sp³-hybridized carbons (Fsp3) is 0.375. The molecule has 5 heteroatoms. The van der Waals surface area contributed by atoms with Crippen molar-refractivity contribution in [1.82, 2.24) is 4.98 Å². The number of rotatable bonds is 4. The molecule has 0 amide bonds. The van der Waals surface area contributed by atoms with E-state index in [1.54, 1.807) is 6.92 Å². The molecule has 5 nitrogen and oxygen atoms in total. The molecule has 0 bridgehead atoms. The number of carbonyl (C=O) groups excluding carboxylic acids is 1. The molecule has 70 valence electrons. The van der Waals surface area contributed by atoms with Crippen LogP contribution in [-0.4, -0.2) is 21.8 Å². The summed E-state index contributed by atoms with van der Waals surface area (Å²) in [5.74, 6) is -0.857. The van der Waals surface area contributed by atoms with Crippen LogP contribution in [0.15, 0.2) is 10.6 Å². The van der Waals surface area contributed by atoms with Gasteiger partial charge >= 0.3 is 5.97 Å². The third kappa shape index (κ3) is 2.70. The number of aromatic nitrogens is 1. The van der Waals surface area contributed by atoms with Gasteiger partial charge in [0, 0.05) is 6.42 Å².